The Kier molecular flexibility index (Phi) is 4.86. The average molecular weight is 326 g/mol. The maximum absolute atomic E-state index is 12.4. The van der Waals surface area contributed by atoms with E-state index in [2.05, 4.69) is 6.92 Å². The Bertz CT molecular complexity index is 681. The van der Waals surface area contributed by atoms with Gasteiger partial charge in [0.1, 0.15) is 5.75 Å². The summed E-state index contributed by atoms with van der Waals surface area (Å²) in [5.41, 5.74) is 1.11. The minimum absolute atomic E-state index is 0.303. The Morgan fingerprint density at radius 3 is 2.38 bits per heavy atom. The molecule has 0 saturated carbocycles. The number of hydrogen-bond acceptors (Lipinski definition) is 4. The second kappa shape index (κ2) is 7.05. The second-order valence-electron chi connectivity index (χ2n) is 5.85. The lowest BCUT2D eigenvalue weighted by Gasteiger charge is -2.14. The third-order valence-electron chi connectivity index (χ3n) is 4.29. The van der Waals surface area contributed by atoms with E-state index in [4.69, 9.17) is 14.2 Å². The highest BCUT2D eigenvalue weighted by Gasteiger charge is 2.64. The van der Waals surface area contributed by atoms with Crippen LogP contribution in [0.15, 0.2) is 54.6 Å². The van der Waals surface area contributed by atoms with Gasteiger partial charge in [0.05, 0.1) is 13.7 Å². The van der Waals surface area contributed by atoms with Gasteiger partial charge in [-0.3, -0.25) is 0 Å². The lowest BCUT2D eigenvalue weighted by molar-refractivity contribution is -0.145. The molecule has 126 valence electrons. The molecule has 0 aliphatic carbocycles. The molecular weight excluding hydrogens is 304 g/mol. The molecule has 0 radical (unpaired) electrons. The van der Waals surface area contributed by atoms with Crippen molar-refractivity contribution in [2.75, 3.05) is 13.7 Å². The van der Waals surface area contributed by atoms with Crippen molar-refractivity contribution >= 4 is 5.97 Å². The lowest BCUT2D eigenvalue weighted by Crippen LogP contribution is -2.22. The molecular formula is C20H22O4. The first-order chi connectivity index (χ1) is 11.7. The molecule has 2 aromatic carbocycles. The molecule has 0 N–H and O–H groups in total. The van der Waals surface area contributed by atoms with Gasteiger partial charge in [0.25, 0.3) is 0 Å². The summed E-state index contributed by atoms with van der Waals surface area (Å²) in [6.45, 7) is 2.50. The smallest absolute Gasteiger partial charge is 0.339 e. The summed E-state index contributed by atoms with van der Waals surface area (Å²) >= 11 is 0. The SMILES string of the molecule is CCCCOC(=O)C1OC1(c1ccccc1)c1ccc(OC)cc1. The highest BCUT2D eigenvalue weighted by molar-refractivity contribution is 5.81. The van der Waals surface area contributed by atoms with E-state index in [1.165, 1.54) is 0 Å². The molecule has 2 aromatic rings. The number of methoxy groups -OCH3 is 1. The molecule has 2 atom stereocenters. The van der Waals surface area contributed by atoms with E-state index in [0.29, 0.717) is 6.61 Å². The third-order valence-corrected chi connectivity index (χ3v) is 4.29. The van der Waals surface area contributed by atoms with Crippen LogP contribution in [-0.2, 0) is 19.9 Å². The van der Waals surface area contributed by atoms with Gasteiger partial charge in [-0.2, -0.15) is 0 Å². The van der Waals surface area contributed by atoms with Crippen molar-refractivity contribution in [3.05, 3.63) is 65.7 Å². The molecule has 0 spiro atoms. The summed E-state index contributed by atoms with van der Waals surface area (Å²) in [5, 5.41) is 0. The van der Waals surface area contributed by atoms with Crippen molar-refractivity contribution in [1.29, 1.82) is 0 Å². The first-order valence-corrected chi connectivity index (χ1v) is 8.27. The van der Waals surface area contributed by atoms with Crippen molar-refractivity contribution in [2.24, 2.45) is 0 Å². The number of epoxide rings is 1. The van der Waals surface area contributed by atoms with Crippen molar-refractivity contribution in [3.8, 4) is 5.75 Å². The van der Waals surface area contributed by atoms with Crippen LogP contribution in [0.3, 0.4) is 0 Å². The van der Waals surface area contributed by atoms with E-state index in [9.17, 15) is 4.79 Å². The standard InChI is InChI=1S/C20H22O4/c1-3-4-14-23-19(21)18-20(24-18,15-8-6-5-7-9-15)16-10-12-17(22-2)13-11-16/h5-13,18H,3-4,14H2,1-2H3. The number of carbonyl (C=O) groups excluding carboxylic acids is 1. The van der Waals surface area contributed by atoms with Crippen molar-refractivity contribution < 1.29 is 19.0 Å². The molecule has 4 heteroatoms. The number of unbranched alkanes of at least 4 members (excludes halogenated alkanes) is 1. The summed E-state index contributed by atoms with van der Waals surface area (Å²) in [6.07, 6.45) is 1.24. The number of rotatable bonds is 7. The molecule has 1 aliphatic heterocycles. The zero-order valence-electron chi connectivity index (χ0n) is 14.0. The highest BCUT2D eigenvalue weighted by Crippen LogP contribution is 2.52. The first-order valence-electron chi connectivity index (χ1n) is 8.27. The van der Waals surface area contributed by atoms with E-state index in [0.717, 1.165) is 29.7 Å². The van der Waals surface area contributed by atoms with E-state index in [1.54, 1.807) is 7.11 Å². The number of ether oxygens (including phenoxy) is 3. The maximum Gasteiger partial charge on any atom is 0.339 e. The fourth-order valence-electron chi connectivity index (χ4n) is 2.89. The summed E-state index contributed by atoms with van der Waals surface area (Å²) < 4.78 is 16.5. The van der Waals surface area contributed by atoms with Crippen LogP contribution < -0.4 is 4.74 Å². The molecule has 1 aliphatic rings. The summed E-state index contributed by atoms with van der Waals surface area (Å²) in [4.78, 5) is 12.4. The number of carbonyl (C=O) groups is 1. The fraction of sp³-hybridized carbons (Fsp3) is 0.350. The fourth-order valence-corrected chi connectivity index (χ4v) is 2.89. The van der Waals surface area contributed by atoms with Crippen LogP contribution in [0.2, 0.25) is 0 Å². The molecule has 4 nitrogen and oxygen atoms in total. The monoisotopic (exact) mass is 326 g/mol. The quantitative estimate of drug-likeness (QED) is 0.442. The Balaban J connectivity index is 1.88. The van der Waals surface area contributed by atoms with Crippen LogP contribution in [0.25, 0.3) is 0 Å². The normalized spacial score (nSPS) is 22.0. The highest BCUT2D eigenvalue weighted by atomic mass is 16.7. The van der Waals surface area contributed by atoms with E-state index >= 15 is 0 Å². The van der Waals surface area contributed by atoms with Crippen LogP contribution in [0, 0.1) is 0 Å². The molecule has 0 bridgehead atoms. The molecule has 24 heavy (non-hydrogen) atoms. The van der Waals surface area contributed by atoms with Crippen LogP contribution >= 0.6 is 0 Å². The van der Waals surface area contributed by atoms with Gasteiger partial charge in [0, 0.05) is 0 Å². The van der Waals surface area contributed by atoms with Gasteiger partial charge in [0.15, 0.2) is 11.7 Å². The predicted octanol–water partition coefficient (Wildman–Crippen LogP) is 3.68. The van der Waals surface area contributed by atoms with E-state index in [-0.39, 0.29) is 5.97 Å². The molecule has 3 rings (SSSR count). The Morgan fingerprint density at radius 2 is 1.75 bits per heavy atom. The van der Waals surface area contributed by atoms with Gasteiger partial charge in [-0.25, -0.2) is 4.79 Å². The number of esters is 1. The van der Waals surface area contributed by atoms with Gasteiger partial charge in [-0.1, -0.05) is 55.8 Å². The minimum atomic E-state index is -0.767. The molecule has 1 heterocycles. The van der Waals surface area contributed by atoms with E-state index in [1.807, 2.05) is 54.6 Å². The van der Waals surface area contributed by atoms with Crippen molar-refractivity contribution in [1.82, 2.24) is 0 Å². The Labute approximate surface area is 142 Å². The third kappa shape index (κ3) is 3.02. The van der Waals surface area contributed by atoms with Gasteiger partial charge >= 0.3 is 5.97 Å². The zero-order chi connectivity index (χ0) is 17.0. The average Bonchev–Trinajstić information content (AvgIpc) is 3.40. The number of benzene rings is 2. The lowest BCUT2D eigenvalue weighted by atomic mass is 9.88. The summed E-state index contributed by atoms with van der Waals surface area (Å²) in [7, 11) is 1.63. The molecule has 1 fully saturated rings. The van der Waals surface area contributed by atoms with Gasteiger partial charge in [0.2, 0.25) is 0 Å². The van der Waals surface area contributed by atoms with Crippen LogP contribution in [-0.4, -0.2) is 25.8 Å². The minimum Gasteiger partial charge on any atom is -0.497 e. The second-order valence-corrected chi connectivity index (χ2v) is 5.85. The van der Waals surface area contributed by atoms with Gasteiger partial charge < -0.3 is 14.2 Å². The Hall–Kier alpha value is -2.33. The largest absolute Gasteiger partial charge is 0.497 e. The van der Waals surface area contributed by atoms with Crippen molar-refractivity contribution in [2.45, 2.75) is 31.5 Å². The number of hydrogen-bond donors (Lipinski definition) is 0. The maximum atomic E-state index is 12.4. The summed E-state index contributed by atoms with van der Waals surface area (Å²) in [6, 6.07) is 17.4. The topological polar surface area (TPSA) is 48.1 Å². The van der Waals surface area contributed by atoms with E-state index < -0.39 is 11.7 Å². The van der Waals surface area contributed by atoms with Gasteiger partial charge in [-0.15, -0.1) is 0 Å². The molecule has 0 amide bonds. The zero-order valence-corrected chi connectivity index (χ0v) is 14.0. The van der Waals surface area contributed by atoms with Crippen LogP contribution in [0.1, 0.15) is 30.9 Å². The first kappa shape index (κ1) is 16.5. The molecule has 2 unspecified atom stereocenters. The predicted molar refractivity (Wildman–Crippen MR) is 91.0 cm³/mol. The van der Waals surface area contributed by atoms with Crippen molar-refractivity contribution in [3.63, 3.8) is 0 Å². The van der Waals surface area contributed by atoms with Gasteiger partial charge in [-0.05, 0) is 29.7 Å². The molecule has 0 aromatic heterocycles. The van der Waals surface area contributed by atoms with Crippen LogP contribution in [0.5, 0.6) is 5.75 Å². The molecule has 1 saturated heterocycles. The summed E-state index contributed by atoms with van der Waals surface area (Å²) in [5.74, 6) is 0.466. The van der Waals surface area contributed by atoms with Crippen LogP contribution in [0.4, 0.5) is 0 Å². The Morgan fingerprint density at radius 1 is 1.08 bits per heavy atom.